The maximum atomic E-state index is 11.8. The predicted molar refractivity (Wildman–Crippen MR) is 107 cm³/mol. The number of benzene rings is 1. The van der Waals surface area contributed by atoms with Crippen molar-refractivity contribution < 1.29 is 34.0 Å². The highest BCUT2D eigenvalue weighted by Crippen LogP contribution is 2.35. The lowest BCUT2D eigenvalue weighted by molar-refractivity contribution is -0.137. The second-order valence-corrected chi connectivity index (χ2v) is 7.57. The highest BCUT2D eigenvalue weighted by atomic mass is 16.7. The fourth-order valence-corrected chi connectivity index (χ4v) is 3.41. The van der Waals surface area contributed by atoms with Gasteiger partial charge in [0.15, 0.2) is 11.5 Å². The predicted octanol–water partition coefficient (Wildman–Crippen LogP) is 3.96. The van der Waals surface area contributed by atoms with Gasteiger partial charge in [-0.2, -0.15) is 0 Å². The molecule has 0 amide bonds. The van der Waals surface area contributed by atoms with Crippen LogP contribution in [0, 0.1) is 5.92 Å². The Morgan fingerprint density at radius 2 is 1.76 bits per heavy atom. The summed E-state index contributed by atoms with van der Waals surface area (Å²) < 4.78 is 16.2. The number of aliphatic hydroxyl groups is 1. The van der Waals surface area contributed by atoms with Crippen LogP contribution in [0.5, 0.6) is 17.2 Å². The molecule has 0 saturated heterocycles. The standard InChI is InChI=1S/C22H32O7/c1-16(23)17(7-4-2-3-5-10-22(25)26)8-6-9-18(24)14-27-19-11-12-20-21(13-19)29-15-28-20/h11-13,17-18,24H,2-10,14-15H2,1H3,(H,25,26). The monoisotopic (exact) mass is 408 g/mol. The van der Waals surface area contributed by atoms with Crippen LogP contribution in [0.2, 0.25) is 0 Å². The summed E-state index contributed by atoms with van der Waals surface area (Å²) in [6.45, 7) is 2.02. The van der Waals surface area contributed by atoms with E-state index in [1.807, 2.05) is 0 Å². The molecule has 7 heteroatoms. The summed E-state index contributed by atoms with van der Waals surface area (Å²) in [5, 5.41) is 18.8. The maximum absolute atomic E-state index is 11.8. The Labute approximate surface area is 172 Å². The Hall–Kier alpha value is -2.28. The molecule has 1 aliphatic rings. The van der Waals surface area contributed by atoms with E-state index in [2.05, 4.69) is 0 Å². The van der Waals surface area contributed by atoms with Gasteiger partial charge in [-0.25, -0.2) is 0 Å². The fraction of sp³-hybridized carbons (Fsp3) is 0.636. The van der Waals surface area contributed by atoms with Crippen LogP contribution in [-0.4, -0.2) is 41.5 Å². The molecule has 0 fully saturated rings. The van der Waals surface area contributed by atoms with Crippen LogP contribution in [0.3, 0.4) is 0 Å². The zero-order valence-corrected chi connectivity index (χ0v) is 17.1. The Morgan fingerprint density at radius 3 is 2.52 bits per heavy atom. The summed E-state index contributed by atoms with van der Waals surface area (Å²) >= 11 is 0. The second-order valence-electron chi connectivity index (χ2n) is 7.57. The number of ketones is 1. The number of aliphatic carboxylic acids is 1. The first-order chi connectivity index (χ1) is 14.0. The molecule has 0 aromatic heterocycles. The molecule has 0 bridgehead atoms. The molecule has 1 aromatic carbocycles. The Balaban J connectivity index is 1.59. The summed E-state index contributed by atoms with van der Waals surface area (Å²) in [4.78, 5) is 22.3. The van der Waals surface area contributed by atoms with Gasteiger partial charge < -0.3 is 24.4 Å². The Kier molecular flexibility index (Phi) is 9.77. The van der Waals surface area contributed by atoms with Gasteiger partial charge in [0.2, 0.25) is 6.79 Å². The zero-order chi connectivity index (χ0) is 21.1. The Morgan fingerprint density at radius 1 is 1.03 bits per heavy atom. The van der Waals surface area contributed by atoms with E-state index in [0.717, 1.165) is 38.5 Å². The first-order valence-corrected chi connectivity index (χ1v) is 10.4. The minimum atomic E-state index is -0.757. The molecule has 2 rings (SSSR count). The molecule has 1 heterocycles. The van der Waals surface area contributed by atoms with Gasteiger partial charge in [0.25, 0.3) is 0 Å². The number of hydrogen-bond donors (Lipinski definition) is 2. The third kappa shape index (κ3) is 8.73. The van der Waals surface area contributed by atoms with Crippen LogP contribution in [0.15, 0.2) is 18.2 Å². The number of carboxylic acid groups (broad SMARTS) is 1. The average Bonchev–Trinajstić information content (AvgIpc) is 3.15. The average molecular weight is 408 g/mol. The van der Waals surface area contributed by atoms with Crippen molar-refractivity contribution in [1.82, 2.24) is 0 Å². The first-order valence-electron chi connectivity index (χ1n) is 10.4. The summed E-state index contributed by atoms with van der Waals surface area (Å²) in [5.74, 6) is 1.39. The van der Waals surface area contributed by atoms with Gasteiger partial charge in [0.1, 0.15) is 18.1 Å². The molecule has 1 aliphatic heterocycles. The van der Waals surface area contributed by atoms with Crippen LogP contribution < -0.4 is 14.2 Å². The van der Waals surface area contributed by atoms with Crippen molar-refractivity contribution in [3.63, 3.8) is 0 Å². The molecule has 1 aromatic rings. The van der Waals surface area contributed by atoms with Crippen molar-refractivity contribution >= 4 is 11.8 Å². The van der Waals surface area contributed by atoms with E-state index in [1.165, 1.54) is 0 Å². The van der Waals surface area contributed by atoms with E-state index in [1.54, 1.807) is 25.1 Å². The van der Waals surface area contributed by atoms with Crippen molar-refractivity contribution in [2.45, 2.75) is 70.8 Å². The topological polar surface area (TPSA) is 102 Å². The van der Waals surface area contributed by atoms with Crippen LogP contribution >= 0.6 is 0 Å². The van der Waals surface area contributed by atoms with Gasteiger partial charge in [-0.1, -0.05) is 25.7 Å². The minimum absolute atomic E-state index is 0.0106. The molecule has 7 nitrogen and oxygen atoms in total. The van der Waals surface area contributed by atoms with Crippen molar-refractivity contribution in [3.8, 4) is 17.2 Å². The lowest BCUT2D eigenvalue weighted by Crippen LogP contribution is -2.18. The molecular weight excluding hydrogens is 376 g/mol. The summed E-state index contributed by atoms with van der Waals surface area (Å²) in [5.41, 5.74) is 0. The number of ether oxygens (including phenoxy) is 3. The summed E-state index contributed by atoms with van der Waals surface area (Å²) in [6, 6.07) is 5.31. The summed E-state index contributed by atoms with van der Waals surface area (Å²) in [7, 11) is 0. The third-order valence-corrected chi connectivity index (χ3v) is 5.14. The number of hydrogen-bond acceptors (Lipinski definition) is 6. The van der Waals surface area contributed by atoms with Crippen molar-refractivity contribution in [2.75, 3.05) is 13.4 Å². The molecule has 0 radical (unpaired) electrons. The molecule has 0 saturated carbocycles. The van der Waals surface area contributed by atoms with Gasteiger partial charge >= 0.3 is 5.97 Å². The van der Waals surface area contributed by atoms with Gasteiger partial charge in [-0.05, 0) is 44.7 Å². The van der Waals surface area contributed by atoms with E-state index in [9.17, 15) is 14.7 Å². The molecule has 2 N–H and O–H groups in total. The molecule has 162 valence electrons. The highest BCUT2D eigenvalue weighted by molar-refractivity contribution is 5.78. The van der Waals surface area contributed by atoms with E-state index in [0.29, 0.717) is 30.1 Å². The smallest absolute Gasteiger partial charge is 0.303 e. The number of Topliss-reactive ketones (excluding diaryl/α,β-unsaturated/α-hetero) is 1. The van der Waals surface area contributed by atoms with Crippen LogP contribution in [0.25, 0.3) is 0 Å². The van der Waals surface area contributed by atoms with Crippen LogP contribution in [-0.2, 0) is 9.59 Å². The fourth-order valence-electron chi connectivity index (χ4n) is 3.41. The second kappa shape index (κ2) is 12.3. The number of unbranched alkanes of at least 4 members (excludes halogenated alkanes) is 3. The number of carbonyl (C=O) groups is 2. The highest BCUT2D eigenvalue weighted by Gasteiger charge is 2.16. The number of fused-ring (bicyclic) bond motifs is 1. The van der Waals surface area contributed by atoms with Crippen molar-refractivity contribution in [3.05, 3.63) is 18.2 Å². The van der Waals surface area contributed by atoms with Crippen molar-refractivity contribution in [1.29, 1.82) is 0 Å². The molecule has 2 unspecified atom stereocenters. The van der Waals surface area contributed by atoms with E-state index in [-0.39, 0.29) is 31.5 Å². The van der Waals surface area contributed by atoms with Crippen molar-refractivity contribution in [2.24, 2.45) is 5.92 Å². The summed E-state index contributed by atoms with van der Waals surface area (Å²) in [6.07, 6.45) is 5.98. The van der Waals surface area contributed by atoms with E-state index in [4.69, 9.17) is 19.3 Å². The van der Waals surface area contributed by atoms with Crippen LogP contribution in [0.1, 0.15) is 64.7 Å². The van der Waals surface area contributed by atoms with Gasteiger partial charge in [-0.3, -0.25) is 9.59 Å². The maximum Gasteiger partial charge on any atom is 0.303 e. The largest absolute Gasteiger partial charge is 0.491 e. The number of aliphatic hydroxyl groups excluding tert-OH is 1. The quantitative estimate of drug-likeness (QED) is 0.424. The number of carbonyl (C=O) groups excluding carboxylic acids is 1. The lowest BCUT2D eigenvalue weighted by atomic mass is 9.91. The van der Waals surface area contributed by atoms with Gasteiger partial charge in [0, 0.05) is 18.4 Å². The zero-order valence-electron chi connectivity index (χ0n) is 17.1. The van der Waals surface area contributed by atoms with Gasteiger partial charge in [0.05, 0.1) is 6.10 Å². The number of rotatable bonds is 15. The molecular formula is C22H32O7. The van der Waals surface area contributed by atoms with Crippen LogP contribution in [0.4, 0.5) is 0 Å². The molecule has 2 atom stereocenters. The SMILES string of the molecule is CC(=O)C(CCCCCCC(=O)O)CCCC(O)COc1ccc2c(c1)OCO2. The molecule has 0 aliphatic carbocycles. The number of carboxylic acids is 1. The van der Waals surface area contributed by atoms with E-state index >= 15 is 0 Å². The first kappa shape index (κ1) is 23.0. The van der Waals surface area contributed by atoms with Gasteiger partial charge in [-0.15, -0.1) is 0 Å². The minimum Gasteiger partial charge on any atom is -0.491 e. The normalized spacial score (nSPS) is 14.4. The Bertz CT molecular complexity index is 659. The van der Waals surface area contributed by atoms with E-state index < -0.39 is 12.1 Å². The third-order valence-electron chi connectivity index (χ3n) is 5.14. The lowest BCUT2D eigenvalue weighted by Gasteiger charge is -2.16. The molecule has 0 spiro atoms. The molecule has 29 heavy (non-hydrogen) atoms.